The number of carbonyl (C=O) groups excluding carboxylic acids is 3. The lowest BCUT2D eigenvalue weighted by atomic mass is 9.75. The molecule has 1 heterocycles. The van der Waals surface area contributed by atoms with Gasteiger partial charge >= 0.3 is 6.03 Å². The van der Waals surface area contributed by atoms with E-state index in [9.17, 15) is 14.4 Å². The predicted octanol–water partition coefficient (Wildman–Crippen LogP) is 0.342. The van der Waals surface area contributed by atoms with Crippen molar-refractivity contribution in [3.8, 4) is 0 Å². The summed E-state index contributed by atoms with van der Waals surface area (Å²) in [5.74, 6) is 0.0567. The van der Waals surface area contributed by atoms with E-state index >= 15 is 0 Å². The smallest absolute Gasteiger partial charge is 0.325 e. The fourth-order valence-corrected chi connectivity index (χ4v) is 3.27. The van der Waals surface area contributed by atoms with Crippen LogP contribution >= 0.6 is 0 Å². The third-order valence-electron chi connectivity index (χ3n) is 4.79. The van der Waals surface area contributed by atoms with Crippen molar-refractivity contribution in [1.29, 1.82) is 0 Å². The van der Waals surface area contributed by atoms with Crippen LogP contribution in [0.25, 0.3) is 0 Å². The minimum absolute atomic E-state index is 0.214. The van der Waals surface area contributed by atoms with Crippen molar-refractivity contribution in [1.82, 2.24) is 15.5 Å². The highest BCUT2D eigenvalue weighted by molar-refractivity contribution is 6.09. The van der Waals surface area contributed by atoms with E-state index in [1.165, 1.54) is 0 Å². The molecule has 0 radical (unpaired) electrons. The van der Waals surface area contributed by atoms with E-state index < -0.39 is 11.6 Å². The lowest BCUT2D eigenvalue weighted by molar-refractivity contribution is -0.136. The maximum absolute atomic E-state index is 12.6. The van der Waals surface area contributed by atoms with Gasteiger partial charge in [0.2, 0.25) is 5.91 Å². The van der Waals surface area contributed by atoms with Crippen LogP contribution in [0.1, 0.15) is 45.4 Å². The molecule has 2 fully saturated rings. The maximum atomic E-state index is 12.6. The molecule has 4 N–H and O–H groups in total. The Morgan fingerprint density at radius 3 is 2.68 bits per heavy atom. The normalized spacial score (nSPS) is 28.1. The van der Waals surface area contributed by atoms with Gasteiger partial charge in [0.15, 0.2) is 0 Å². The first-order chi connectivity index (χ1) is 10.5. The quantitative estimate of drug-likeness (QED) is 0.486. The predicted molar refractivity (Wildman–Crippen MR) is 81.9 cm³/mol. The number of urea groups is 1. The van der Waals surface area contributed by atoms with Crippen LogP contribution in [0.5, 0.6) is 0 Å². The summed E-state index contributed by atoms with van der Waals surface area (Å²) in [6.45, 7) is 2.89. The van der Waals surface area contributed by atoms with Crippen LogP contribution in [-0.2, 0) is 9.59 Å². The first-order valence-electron chi connectivity index (χ1n) is 8.13. The molecular weight excluding hydrogens is 284 g/mol. The van der Waals surface area contributed by atoms with Crippen LogP contribution in [0.15, 0.2) is 0 Å². The van der Waals surface area contributed by atoms with Crippen molar-refractivity contribution in [2.75, 3.05) is 19.6 Å². The van der Waals surface area contributed by atoms with Gasteiger partial charge in [0.1, 0.15) is 12.1 Å². The average molecular weight is 310 g/mol. The molecule has 2 rings (SSSR count). The number of hydrogen-bond acceptors (Lipinski definition) is 4. The second-order valence-electron chi connectivity index (χ2n) is 6.25. The molecule has 4 amide bonds. The molecule has 0 unspecified atom stereocenters. The lowest BCUT2D eigenvalue weighted by Gasteiger charge is -2.34. The van der Waals surface area contributed by atoms with Crippen LogP contribution < -0.4 is 16.4 Å². The molecule has 1 spiro atoms. The molecule has 1 aliphatic heterocycles. The number of nitrogens with two attached hydrogens (primary N) is 1. The van der Waals surface area contributed by atoms with Crippen LogP contribution in [0.3, 0.4) is 0 Å². The zero-order valence-corrected chi connectivity index (χ0v) is 13.2. The van der Waals surface area contributed by atoms with E-state index in [0.29, 0.717) is 38.3 Å². The Morgan fingerprint density at radius 1 is 1.41 bits per heavy atom. The molecule has 7 nitrogen and oxygen atoms in total. The molecule has 0 aromatic carbocycles. The molecule has 22 heavy (non-hydrogen) atoms. The molecule has 0 atom stereocenters. The van der Waals surface area contributed by atoms with Gasteiger partial charge < -0.3 is 16.4 Å². The highest BCUT2D eigenvalue weighted by Crippen LogP contribution is 2.37. The van der Waals surface area contributed by atoms with Gasteiger partial charge in [-0.2, -0.15) is 0 Å². The van der Waals surface area contributed by atoms with Crippen molar-refractivity contribution in [2.24, 2.45) is 11.7 Å². The summed E-state index contributed by atoms with van der Waals surface area (Å²) in [6, 6.07) is -0.450. The molecule has 0 aromatic rings. The van der Waals surface area contributed by atoms with Crippen LogP contribution in [-0.4, -0.2) is 47.9 Å². The van der Waals surface area contributed by atoms with Gasteiger partial charge in [-0.15, -0.1) is 0 Å². The summed E-state index contributed by atoms with van der Waals surface area (Å²) >= 11 is 0. The van der Waals surface area contributed by atoms with Gasteiger partial charge in [-0.1, -0.05) is 13.3 Å². The number of hydrogen-bond donors (Lipinski definition) is 3. The topological polar surface area (TPSA) is 105 Å². The average Bonchev–Trinajstić information content (AvgIpc) is 2.73. The van der Waals surface area contributed by atoms with Crippen LogP contribution in [0.4, 0.5) is 4.79 Å². The second-order valence-corrected chi connectivity index (χ2v) is 6.25. The third-order valence-corrected chi connectivity index (χ3v) is 4.79. The fraction of sp³-hybridized carbons (Fsp3) is 0.800. The number of carbonyl (C=O) groups is 3. The van der Waals surface area contributed by atoms with Gasteiger partial charge in [-0.25, -0.2) is 4.79 Å². The zero-order valence-electron chi connectivity index (χ0n) is 13.2. The fourth-order valence-electron chi connectivity index (χ4n) is 3.27. The van der Waals surface area contributed by atoms with E-state index in [-0.39, 0.29) is 18.4 Å². The zero-order chi connectivity index (χ0) is 16.2. The summed E-state index contributed by atoms with van der Waals surface area (Å²) in [6.07, 6.45) is 5.00. The standard InChI is InChI=1S/C15H26N4O3/c1-2-11-4-6-15(7-5-11)13(21)19(14(22)18-15)10-12(20)17-9-3-8-16/h11H,2-10,16H2,1H3,(H,17,20)(H,18,22). The lowest BCUT2D eigenvalue weighted by Crippen LogP contribution is -2.50. The molecule has 0 aromatic heterocycles. The summed E-state index contributed by atoms with van der Waals surface area (Å²) in [7, 11) is 0. The Labute approximate surface area is 131 Å². The minimum Gasteiger partial charge on any atom is -0.354 e. The molecule has 2 aliphatic rings. The summed E-state index contributed by atoms with van der Waals surface area (Å²) in [4.78, 5) is 37.5. The largest absolute Gasteiger partial charge is 0.354 e. The number of nitrogens with one attached hydrogen (secondary N) is 2. The van der Waals surface area contributed by atoms with E-state index in [1.807, 2.05) is 0 Å². The van der Waals surface area contributed by atoms with Crippen LogP contribution in [0, 0.1) is 5.92 Å². The summed E-state index contributed by atoms with van der Waals surface area (Å²) in [5.41, 5.74) is 4.58. The van der Waals surface area contributed by atoms with Gasteiger partial charge in [-0.05, 0) is 44.6 Å². The van der Waals surface area contributed by atoms with E-state index in [4.69, 9.17) is 5.73 Å². The summed E-state index contributed by atoms with van der Waals surface area (Å²) in [5, 5.41) is 5.49. The van der Waals surface area contributed by atoms with Crippen molar-refractivity contribution in [2.45, 2.75) is 51.0 Å². The van der Waals surface area contributed by atoms with E-state index in [2.05, 4.69) is 17.6 Å². The highest BCUT2D eigenvalue weighted by Gasteiger charge is 2.52. The Balaban J connectivity index is 1.93. The van der Waals surface area contributed by atoms with Gasteiger partial charge in [-0.3, -0.25) is 14.5 Å². The van der Waals surface area contributed by atoms with Crippen molar-refractivity contribution in [3.05, 3.63) is 0 Å². The first-order valence-corrected chi connectivity index (χ1v) is 8.13. The number of imide groups is 1. The second kappa shape index (κ2) is 7.09. The van der Waals surface area contributed by atoms with Crippen molar-refractivity contribution in [3.63, 3.8) is 0 Å². The van der Waals surface area contributed by atoms with E-state index in [0.717, 1.165) is 24.2 Å². The van der Waals surface area contributed by atoms with Gasteiger partial charge in [0, 0.05) is 6.54 Å². The number of rotatable bonds is 6. The molecular formula is C15H26N4O3. The number of amides is 4. The van der Waals surface area contributed by atoms with Gasteiger partial charge in [0.25, 0.3) is 5.91 Å². The maximum Gasteiger partial charge on any atom is 0.325 e. The highest BCUT2D eigenvalue weighted by atomic mass is 16.2. The summed E-state index contributed by atoms with van der Waals surface area (Å²) < 4.78 is 0. The Kier molecular flexibility index (Phi) is 5.39. The minimum atomic E-state index is -0.777. The van der Waals surface area contributed by atoms with Crippen LogP contribution in [0.2, 0.25) is 0 Å². The van der Waals surface area contributed by atoms with Crippen molar-refractivity contribution < 1.29 is 14.4 Å². The SMILES string of the molecule is CCC1CCC2(CC1)NC(=O)N(CC(=O)NCCCN)C2=O. The Hall–Kier alpha value is -1.63. The Morgan fingerprint density at radius 2 is 2.09 bits per heavy atom. The monoisotopic (exact) mass is 310 g/mol. The first kappa shape index (κ1) is 16.7. The Bertz CT molecular complexity index is 444. The number of nitrogens with zero attached hydrogens (tertiary/aromatic N) is 1. The third kappa shape index (κ3) is 3.40. The molecule has 7 heteroatoms. The van der Waals surface area contributed by atoms with E-state index in [1.54, 1.807) is 0 Å². The molecule has 1 aliphatic carbocycles. The van der Waals surface area contributed by atoms with Crippen molar-refractivity contribution >= 4 is 17.8 Å². The van der Waals surface area contributed by atoms with Gasteiger partial charge in [0.05, 0.1) is 0 Å². The molecule has 1 saturated carbocycles. The molecule has 124 valence electrons. The molecule has 1 saturated heterocycles. The molecule has 0 bridgehead atoms.